The summed E-state index contributed by atoms with van der Waals surface area (Å²) in [4.78, 5) is 5.84. The Bertz CT molecular complexity index is 623. The summed E-state index contributed by atoms with van der Waals surface area (Å²) in [6.45, 7) is 6.60. The molecule has 0 amide bonds. The summed E-state index contributed by atoms with van der Waals surface area (Å²) >= 11 is 7.50. The van der Waals surface area contributed by atoms with Gasteiger partial charge in [-0.1, -0.05) is 6.07 Å². The largest absolute Gasteiger partial charge is 0.331 e. The Morgan fingerprint density at radius 2 is 2.05 bits per heavy atom. The highest BCUT2D eigenvalue weighted by Crippen LogP contribution is 2.16. The number of nitrogens with zero attached hydrogens (tertiary/aromatic N) is 2. The number of aromatic nitrogens is 2. The fourth-order valence-electron chi connectivity index (χ4n) is 2.57. The molecule has 3 rings (SSSR count). The SMILES string of the molecule is Cc1ccc2c(c1)[nH]c(=S)n2CCN1CCSCC1. The van der Waals surface area contributed by atoms with E-state index in [0.717, 1.165) is 23.4 Å². The van der Waals surface area contributed by atoms with Crippen LogP contribution in [0.25, 0.3) is 11.0 Å². The molecule has 0 spiro atoms. The Kier molecular flexibility index (Phi) is 3.96. The molecular weight excluding hydrogens is 274 g/mol. The molecule has 5 heteroatoms. The maximum atomic E-state index is 5.45. The Hall–Kier alpha value is -0.780. The van der Waals surface area contributed by atoms with E-state index >= 15 is 0 Å². The Morgan fingerprint density at radius 3 is 2.84 bits per heavy atom. The van der Waals surface area contributed by atoms with E-state index in [0.29, 0.717) is 0 Å². The maximum Gasteiger partial charge on any atom is 0.178 e. The first-order valence-electron chi connectivity index (χ1n) is 6.73. The molecular formula is C14H19N3S2. The Morgan fingerprint density at radius 1 is 1.26 bits per heavy atom. The molecule has 1 aromatic carbocycles. The quantitative estimate of drug-likeness (QED) is 0.880. The molecule has 0 saturated carbocycles. The van der Waals surface area contributed by atoms with Crippen molar-refractivity contribution in [3.05, 3.63) is 28.5 Å². The third-order valence-corrected chi connectivity index (χ3v) is 4.94. The maximum absolute atomic E-state index is 5.45. The summed E-state index contributed by atoms with van der Waals surface area (Å²) in [5.74, 6) is 2.52. The van der Waals surface area contributed by atoms with E-state index < -0.39 is 0 Å². The molecule has 2 aromatic rings. The molecule has 3 nitrogen and oxygen atoms in total. The number of aryl methyl sites for hydroxylation is 1. The topological polar surface area (TPSA) is 24.0 Å². The van der Waals surface area contributed by atoms with Crippen LogP contribution in [-0.4, -0.2) is 45.6 Å². The van der Waals surface area contributed by atoms with Crippen molar-refractivity contribution in [3.63, 3.8) is 0 Å². The van der Waals surface area contributed by atoms with E-state index in [1.165, 1.54) is 35.7 Å². The van der Waals surface area contributed by atoms with Gasteiger partial charge in [-0.2, -0.15) is 11.8 Å². The number of imidazole rings is 1. The number of hydrogen-bond acceptors (Lipinski definition) is 3. The van der Waals surface area contributed by atoms with Gasteiger partial charge in [-0.25, -0.2) is 0 Å². The van der Waals surface area contributed by atoms with Gasteiger partial charge in [0.1, 0.15) is 0 Å². The van der Waals surface area contributed by atoms with Gasteiger partial charge < -0.3 is 9.55 Å². The van der Waals surface area contributed by atoms with E-state index in [1.807, 2.05) is 0 Å². The van der Waals surface area contributed by atoms with E-state index in [2.05, 4.69) is 51.3 Å². The number of nitrogens with one attached hydrogen (secondary N) is 1. The van der Waals surface area contributed by atoms with E-state index in [4.69, 9.17) is 12.2 Å². The summed E-state index contributed by atoms with van der Waals surface area (Å²) in [6, 6.07) is 6.49. The lowest BCUT2D eigenvalue weighted by Gasteiger charge is -2.26. The Labute approximate surface area is 123 Å². The highest BCUT2D eigenvalue weighted by atomic mass is 32.2. The van der Waals surface area contributed by atoms with Gasteiger partial charge in [-0.05, 0) is 36.8 Å². The predicted molar refractivity (Wildman–Crippen MR) is 85.6 cm³/mol. The molecule has 0 aliphatic carbocycles. The molecule has 19 heavy (non-hydrogen) atoms. The minimum atomic E-state index is 0.840. The van der Waals surface area contributed by atoms with Gasteiger partial charge in [-0.15, -0.1) is 0 Å². The number of thioether (sulfide) groups is 1. The van der Waals surface area contributed by atoms with Gasteiger partial charge in [-0.3, -0.25) is 4.90 Å². The van der Waals surface area contributed by atoms with Crippen molar-refractivity contribution in [1.82, 2.24) is 14.5 Å². The molecule has 1 aliphatic heterocycles. The van der Waals surface area contributed by atoms with Crippen LogP contribution in [-0.2, 0) is 6.54 Å². The number of benzene rings is 1. The van der Waals surface area contributed by atoms with Crippen molar-refractivity contribution in [1.29, 1.82) is 0 Å². The van der Waals surface area contributed by atoms with Crippen LogP contribution in [0.4, 0.5) is 0 Å². The molecule has 0 bridgehead atoms. The van der Waals surface area contributed by atoms with Crippen molar-refractivity contribution < 1.29 is 0 Å². The molecule has 0 radical (unpaired) electrons. The smallest absolute Gasteiger partial charge is 0.178 e. The fraction of sp³-hybridized carbons (Fsp3) is 0.500. The van der Waals surface area contributed by atoms with Gasteiger partial charge in [0.15, 0.2) is 4.77 Å². The number of rotatable bonds is 3. The molecule has 1 N–H and O–H groups in total. The third kappa shape index (κ3) is 2.88. The zero-order valence-electron chi connectivity index (χ0n) is 11.2. The first-order chi connectivity index (χ1) is 9.24. The molecule has 1 saturated heterocycles. The standard InChI is InChI=1S/C14H19N3S2/c1-11-2-3-13-12(10-11)15-14(18)17(13)5-4-16-6-8-19-9-7-16/h2-3,10H,4-9H2,1H3,(H,15,18). The van der Waals surface area contributed by atoms with Crippen LogP contribution in [0.3, 0.4) is 0 Å². The van der Waals surface area contributed by atoms with Crippen molar-refractivity contribution in [2.24, 2.45) is 0 Å². The highest BCUT2D eigenvalue weighted by Gasteiger charge is 2.11. The van der Waals surface area contributed by atoms with Gasteiger partial charge in [0.2, 0.25) is 0 Å². The second-order valence-electron chi connectivity index (χ2n) is 5.06. The summed E-state index contributed by atoms with van der Waals surface area (Å²) in [5.41, 5.74) is 3.64. The van der Waals surface area contributed by atoms with Gasteiger partial charge >= 0.3 is 0 Å². The Balaban J connectivity index is 1.80. The number of hydrogen-bond donors (Lipinski definition) is 1. The van der Waals surface area contributed by atoms with Crippen LogP contribution in [0.1, 0.15) is 5.56 Å². The lowest BCUT2D eigenvalue weighted by molar-refractivity contribution is 0.290. The fourth-order valence-corrected chi connectivity index (χ4v) is 3.84. The average molecular weight is 293 g/mol. The van der Waals surface area contributed by atoms with E-state index in [-0.39, 0.29) is 0 Å². The van der Waals surface area contributed by atoms with Crippen LogP contribution in [0, 0.1) is 11.7 Å². The van der Waals surface area contributed by atoms with Crippen molar-refractivity contribution in [2.75, 3.05) is 31.1 Å². The van der Waals surface area contributed by atoms with Crippen LogP contribution >= 0.6 is 24.0 Å². The van der Waals surface area contributed by atoms with Crippen LogP contribution in [0.5, 0.6) is 0 Å². The van der Waals surface area contributed by atoms with E-state index in [9.17, 15) is 0 Å². The molecule has 1 aliphatic rings. The van der Waals surface area contributed by atoms with Crippen LogP contribution in [0.15, 0.2) is 18.2 Å². The summed E-state index contributed by atoms with van der Waals surface area (Å²) in [6.07, 6.45) is 0. The minimum Gasteiger partial charge on any atom is -0.331 e. The molecule has 0 unspecified atom stereocenters. The van der Waals surface area contributed by atoms with E-state index in [1.54, 1.807) is 0 Å². The molecule has 1 fully saturated rings. The number of H-pyrrole nitrogens is 1. The first-order valence-corrected chi connectivity index (χ1v) is 8.29. The molecule has 0 atom stereocenters. The van der Waals surface area contributed by atoms with Crippen molar-refractivity contribution in [3.8, 4) is 0 Å². The summed E-state index contributed by atoms with van der Waals surface area (Å²) in [5, 5.41) is 0. The average Bonchev–Trinajstić information content (AvgIpc) is 2.72. The molecule has 2 heterocycles. The second-order valence-corrected chi connectivity index (χ2v) is 6.67. The number of fused-ring (bicyclic) bond motifs is 1. The van der Waals surface area contributed by atoms with Crippen LogP contribution < -0.4 is 0 Å². The zero-order valence-corrected chi connectivity index (χ0v) is 12.8. The summed E-state index contributed by atoms with van der Waals surface area (Å²) < 4.78 is 3.07. The first kappa shape index (κ1) is 13.2. The van der Waals surface area contributed by atoms with Gasteiger partial charge in [0.25, 0.3) is 0 Å². The highest BCUT2D eigenvalue weighted by molar-refractivity contribution is 7.99. The molecule has 1 aromatic heterocycles. The monoisotopic (exact) mass is 293 g/mol. The normalized spacial score (nSPS) is 17.1. The number of aromatic amines is 1. The van der Waals surface area contributed by atoms with Crippen molar-refractivity contribution in [2.45, 2.75) is 13.5 Å². The van der Waals surface area contributed by atoms with Gasteiger partial charge in [0, 0.05) is 37.7 Å². The summed E-state index contributed by atoms with van der Waals surface area (Å²) in [7, 11) is 0. The molecule has 102 valence electrons. The third-order valence-electron chi connectivity index (χ3n) is 3.67. The van der Waals surface area contributed by atoms with Gasteiger partial charge in [0.05, 0.1) is 11.0 Å². The van der Waals surface area contributed by atoms with Crippen molar-refractivity contribution >= 4 is 35.0 Å². The lowest BCUT2D eigenvalue weighted by atomic mass is 10.2. The predicted octanol–water partition coefficient (Wildman–Crippen LogP) is 3.06. The lowest BCUT2D eigenvalue weighted by Crippen LogP contribution is -2.35. The second kappa shape index (κ2) is 5.69. The zero-order chi connectivity index (χ0) is 13.2. The minimum absolute atomic E-state index is 0.840. The van der Waals surface area contributed by atoms with Crippen LogP contribution in [0.2, 0.25) is 0 Å².